The van der Waals surface area contributed by atoms with Gasteiger partial charge in [0.15, 0.2) is 5.82 Å². The first-order valence-corrected chi connectivity index (χ1v) is 19.1. The van der Waals surface area contributed by atoms with Gasteiger partial charge in [-0.2, -0.15) is 5.10 Å². The van der Waals surface area contributed by atoms with E-state index in [1.165, 1.54) is 11.6 Å². The number of ether oxygens (including phenoxy) is 1. The lowest BCUT2D eigenvalue weighted by Gasteiger charge is -2.18. The van der Waals surface area contributed by atoms with Gasteiger partial charge in [0.1, 0.15) is 40.6 Å². The summed E-state index contributed by atoms with van der Waals surface area (Å²) >= 11 is 7.80. The fourth-order valence-corrected chi connectivity index (χ4v) is 7.99. The molecule has 1 atom stereocenters. The van der Waals surface area contributed by atoms with Gasteiger partial charge in [0, 0.05) is 42.4 Å². The molecule has 0 radical (unpaired) electrons. The van der Waals surface area contributed by atoms with Crippen molar-refractivity contribution in [2.24, 2.45) is 4.99 Å². The fourth-order valence-electron chi connectivity index (χ4n) is 6.63. The number of amides is 1. The molecule has 5 heterocycles. The number of hydrogen-bond acceptors (Lipinski definition) is 10. The largest absolute Gasteiger partial charge is 0.493 e. The van der Waals surface area contributed by atoms with Gasteiger partial charge in [0.05, 0.1) is 40.5 Å². The smallest absolute Gasteiger partial charge is 0.265 e. The van der Waals surface area contributed by atoms with Crippen molar-refractivity contribution in [3.8, 4) is 22.6 Å². The topological polar surface area (TPSA) is 151 Å². The first-order valence-electron chi connectivity index (χ1n) is 17.9. The standard InChI is InChI=1S/C40H38ClN9O4S/c1-24-33(55-40-36(24)38(28-11-13-29(41)14-12-28)43-21-34-47-46-26(3)50(34)40)16-10-27-20-44-48(22-27)18-5-6-19-54-32-9-7-8-31-37(32)39(53)49(25(2)45-31)30(23-51)15-17-35(52)42-4/h7-9,11-14,20,22-23,30H,5-6,15,17-19,21H2,1-4H3,(H,42,52). The number of carbonyl (C=O) groups excluding carboxylic acids is 2. The van der Waals surface area contributed by atoms with Crippen LogP contribution in [0.25, 0.3) is 15.9 Å². The van der Waals surface area contributed by atoms with Gasteiger partial charge in [-0.3, -0.25) is 28.4 Å². The van der Waals surface area contributed by atoms with E-state index in [0.29, 0.717) is 59.9 Å². The minimum atomic E-state index is -0.822. The van der Waals surface area contributed by atoms with Crippen LogP contribution in [-0.4, -0.2) is 65.7 Å². The van der Waals surface area contributed by atoms with E-state index in [9.17, 15) is 14.4 Å². The number of aromatic nitrogens is 7. The summed E-state index contributed by atoms with van der Waals surface area (Å²) in [6.45, 7) is 7.13. The lowest BCUT2D eigenvalue weighted by atomic mass is 10.00. The van der Waals surface area contributed by atoms with Crippen LogP contribution in [0.2, 0.25) is 5.02 Å². The molecule has 13 nitrogen and oxygen atoms in total. The highest BCUT2D eigenvalue weighted by atomic mass is 35.5. The number of hydrogen-bond donors (Lipinski definition) is 1. The van der Waals surface area contributed by atoms with Crippen molar-refractivity contribution < 1.29 is 14.3 Å². The van der Waals surface area contributed by atoms with Crippen molar-refractivity contribution in [2.75, 3.05) is 13.7 Å². The normalized spacial score (nSPS) is 12.6. The quantitative estimate of drug-likeness (QED) is 0.0947. The number of nitrogens with zero attached hydrogens (tertiary/aromatic N) is 8. The monoisotopic (exact) mass is 775 g/mol. The number of rotatable bonds is 12. The lowest BCUT2D eigenvalue weighted by molar-refractivity contribution is -0.121. The van der Waals surface area contributed by atoms with Gasteiger partial charge >= 0.3 is 0 Å². The number of aryl methyl sites for hydroxylation is 3. The molecule has 0 aliphatic carbocycles. The fraction of sp³-hybridized carbons (Fsp3) is 0.300. The van der Waals surface area contributed by atoms with E-state index in [2.05, 4.69) is 48.9 Å². The van der Waals surface area contributed by atoms with Crippen LogP contribution >= 0.6 is 22.9 Å². The molecule has 6 aromatic rings. The molecule has 2 aromatic carbocycles. The molecule has 0 saturated heterocycles. The Hall–Kier alpha value is -5.91. The highest BCUT2D eigenvalue weighted by Crippen LogP contribution is 2.36. The third-order valence-corrected chi connectivity index (χ3v) is 10.9. The molecule has 0 spiro atoms. The van der Waals surface area contributed by atoms with Crippen molar-refractivity contribution in [3.63, 3.8) is 0 Å². The first kappa shape index (κ1) is 37.4. The Morgan fingerprint density at radius 2 is 1.91 bits per heavy atom. The maximum absolute atomic E-state index is 13.7. The van der Waals surface area contributed by atoms with Crippen LogP contribution in [-0.2, 0) is 22.7 Å². The van der Waals surface area contributed by atoms with Crippen LogP contribution in [0.5, 0.6) is 5.75 Å². The third-order valence-electron chi connectivity index (χ3n) is 9.45. The van der Waals surface area contributed by atoms with Crippen LogP contribution in [0.15, 0.2) is 64.6 Å². The molecule has 7 rings (SSSR count). The van der Waals surface area contributed by atoms with E-state index in [0.717, 1.165) is 55.9 Å². The molecule has 1 aliphatic rings. The molecule has 0 fully saturated rings. The highest BCUT2D eigenvalue weighted by molar-refractivity contribution is 7.15. The second kappa shape index (κ2) is 16.2. The molecule has 0 bridgehead atoms. The van der Waals surface area contributed by atoms with E-state index in [1.54, 1.807) is 42.7 Å². The van der Waals surface area contributed by atoms with Gasteiger partial charge in [0.2, 0.25) is 5.91 Å². The maximum Gasteiger partial charge on any atom is 0.265 e. The number of fused-ring (bicyclic) bond motifs is 4. The van der Waals surface area contributed by atoms with E-state index >= 15 is 0 Å². The Bertz CT molecular complexity index is 2570. The molecule has 4 aromatic heterocycles. The summed E-state index contributed by atoms with van der Waals surface area (Å²) in [6, 6.07) is 12.2. The molecule has 0 saturated carbocycles. The van der Waals surface area contributed by atoms with Crippen molar-refractivity contribution >= 4 is 51.7 Å². The molecular formula is C40H38ClN9O4S. The summed E-state index contributed by atoms with van der Waals surface area (Å²) in [7, 11) is 1.53. The van der Waals surface area contributed by atoms with Crippen LogP contribution in [0.4, 0.5) is 0 Å². The second-order valence-corrected chi connectivity index (χ2v) is 14.5. The van der Waals surface area contributed by atoms with Gasteiger partial charge < -0.3 is 14.8 Å². The Morgan fingerprint density at radius 3 is 2.69 bits per heavy atom. The SMILES string of the molecule is CNC(=O)CCC(C=O)n1c(C)nc2cccc(OCCCCn3cc(C#Cc4sc5c(c4C)C(c4ccc(Cl)cc4)=NCc4nnc(C)n4-5)cn3)c2c1=O. The van der Waals surface area contributed by atoms with E-state index < -0.39 is 6.04 Å². The minimum Gasteiger partial charge on any atom is -0.493 e. The summed E-state index contributed by atoms with van der Waals surface area (Å²) in [5, 5.41) is 17.7. The number of benzene rings is 2. The Balaban J connectivity index is 1.02. The minimum absolute atomic E-state index is 0.107. The molecule has 1 unspecified atom stereocenters. The zero-order valence-corrected chi connectivity index (χ0v) is 32.4. The van der Waals surface area contributed by atoms with Crippen molar-refractivity contribution in [1.82, 2.24) is 39.4 Å². The zero-order valence-electron chi connectivity index (χ0n) is 30.8. The number of carbonyl (C=O) groups is 2. The maximum atomic E-state index is 13.7. The van der Waals surface area contributed by atoms with Gasteiger partial charge in [-0.25, -0.2) is 4.98 Å². The van der Waals surface area contributed by atoms with Crippen LogP contribution in [0, 0.1) is 32.6 Å². The Kier molecular flexibility index (Phi) is 11.0. The molecule has 55 heavy (non-hydrogen) atoms. The predicted octanol–water partition coefficient (Wildman–Crippen LogP) is 5.69. The van der Waals surface area contributed by atoms with Gasteiger partial charge in [-0.05, 0) is 69.9 Å². The molecular weight excluding hydrogens is 738 g/mol. The molecule has 280 valence electrons. The van der Waals surface area contributed by atoms with Crippen LogP contribution in [0.3, 0.4) is 0 Å². The van der Waals surface area contributed by atoms with Gasteiger partial charge in [-0.1, -0.05) is 41.6 Å². The van der Waals surface area contributed by atoms with E-state index in [4.69, 9.17) is 21.3 Å². The molecule has 15 heteroatoms. The molecule has 1 amide bonds. The lowest BCUT2D eigenvalue weighted by Crippen LogP contribution is -2.30. The number of aldehydes is 1. The summed E-state index contributed by atoms with van der Waals surface area (Å²) in [4.78, 5) is 47.9. The van der Waals surface area contributed by atoms with Crippen LogP contribution < -0.4 is 15.6 Å². The Labute approximate surface area is 326 Å². The summed E-state index contributed by atoms with van der Waals surface area (Å²) in [5.74, 6) is 8.85. The zero-order chi connectivity index (χ0) is 38.6. The summed E-state index contributed by atoms with van der Waals surface area (Å²) < 4.78 is 11.4. The Morgan fingerprint density at radius 1 is 1.09 bits per heavy atom. The number of halogens is 1. The predicted molar refractivity (Wildman–Crippen MR) is 212 cm³/mol. The molecule has 1 N–H and O–H groups in total. The van der Waals surface area contributed by atoms with Crippen molar-refractivity contribution in [2.45, 2.75) is 65.6 Å². The van der Waals surface area contributed by atoms with E-state index in [-0.39, 0.29) is 24.3 Å². The number of unbranched alkanes of at least 4 members (excludes halogenated alkanes) is 1. The third kappa shape index (κ3) is 7.71. The summed E-state index contributed by atoms with van der Waals surface area (Å²) in [6.07, 6.45) is 6.14. The van der Waals surface area contributed by atoms with Crippen LogP contribution in [0.1, 0.15) is 76.3 Å². The van der Waals surface area contributed by atoms with E-state index in [1.807, 2.05) is 42.1 Å². The number of thiophene rings is 1. The van der Waals surface area contributed by atoms with Crippen molar-refractivity contribution in [3.05, 3.63) is 115 Å². The number of aliphatic imine (C=N–C) groups is 1. The first-order chi connectivity index (χ1) is 26.7. The summed E-state index contributed by atoms with van der Waals surface area (Å²) in [5.41, 5.74) is 4.81. The average Bonchev–Trinajstić information content (AvgIpc) is 3.85. The number of nitrogens with one attached hydrogen (secondary N) is 1. The average molecular weight is 776 g/mol. The highest BCUT2D eigenvalue weighted by Gasteiger charge is 2.27. The molecule has 1 aliphatic heterocycles. The van der Waals surface area contributed by atoms with Crippen molar-refractivity contribution in [1.29, 1.82) is 0 Å². The van der Waals surface area contributed by atoms with Gasteiger partial charge in [0.25, 0.3) is 5.56 Å². The van der Waals surface area contributed by atoms with Gasteiger partial charge in [-0.15, -0.1) is 21.5 Å². The second-order valence-electron chi connectivity index (χ2n) is 13.1.